The molecule has 0 bridgehead atoms. The van der Waals surface area contributed by atoms with Gasteiger partial charge in [-0.3, -0.25) is 19.9 Å². The van der Waals surface area contributed by atoms with E-state index in [9.17, 15) is 13.6 Å². The average Bonchev–Trinajstić information content (AvgIpc) is 3.29. The van der Waals surface area contributed by atoms with Crippen molar-refractivity contribution in [2.45, 2.75) is 5.57 Å². The highest BCUT2D eigenvalue weighted by molar-refractivity contribution is 6.20. The van der Waals surface area contributed by atoms with Crippen molar-refractivity contribution in [3.8, 4) is 28.1 Å². The first-order chi connectivity index (χ1) is 14.9. The lowest BCUT2D eigenvalue weighted by Gasteiger charge is -2.12. The van der Waals surface area contributed by atoms with Crippen molar-refractivity contribution in [3.05, 3.63) is 79.0 Å². The zero-order chi connectivity index (χ0) is 21.8. The summed E-state index contributed by atoms with van der Waals surface area (Å²) in [6.45, 7) is 0. The number of hydrogen-bond acceptors (Lipinski definition) is 5. The number of benzene rings is 1. The van der Waals surface area contributed by atoms with Crippen LogP contribution in [0.1, 0.15) is 10.4 Å². The third-order valence-corrected chi connectivity index (χ3v) is 4.32. The molecule has 0 aliphatic heterocycles. The van der Waals surface area contributed by atoms with Crippen LogP contribution in [-0.2, 0) is 0 Å². The SMILES string of the molecule is O=C(Nc1ccc(OC(F)(F)Cl)cc1)c1cnc(-c2cn[nH]c2)c(-c2cccnc2)c1. The molecular formula is C21H14ClF2N5O2. The highest BCUT2D eigenvalue weighted by Gasteiger charge is 2.27. The number of rotatable bonds is 6. The van der Waals surface area contributed by atoms with Gasteiger partial charge in [0.05, 0.1) is 17.5 Å². The number of carbonyl (C=O) groups excluding carboxylic acids is 1. The zero-order valence-electron chi connectivity index (χ0n) is 15.7. The molecule has 3 heterocycles. The first kappa shape index (κ1) is 20.4. The molecule has 0 saturated heterocycles. The maximum atomic E-state index is 12.8. The largest absolute Gasteiger partial charge is 0.487 e. The summed E-state index contributed by atoms with van der Waals surface area (Å²) in [5, 5.41) is 9.39. The van der Waals surface area contributed by atoms with E-state index in [1.165, 1.54) is 30.5 Å². The maximum Gasteiger partial charge on any atom is 0.487 e. The van der Waals surface area contributed by atoms with E-state index in [1.54, 1.807) is 36.9 Å². The summed E-state index contributed by atoms with van der Waals surface area (Å²) in [5.41, 5.74) is -0.231. The Morgan fingerprint density at radius 1 is 1.10 bits per heavy atom. The van der Waals surface area contributed by atoms with Gasteiger partial charge in [0.2, 0.25) is 0 Å². The molecule has 10 heteroatoms. The Kier molecular flexibility index (Phi) is 5.59. The van der Waals surface area contributed by atoms with Gasteiger partial charge in [-0.15, -0.1) is 8.78 Å². The predicted molar refractivity (Wildman–Crippen MR) is 111 cm³/mol. The fraction of sp³-hybridized carbons (Fsp3) is 0.0476. The third-order valence-electron chi connectivity index (χ3n) is 4.24. The molecule has 3 aromatic heterocycles. The summed E-state index contributed by atoms with van der Waals surface area (Å²) in [7, 11) is 0. The summed E-state index contributed by atoms with van der Waals surface area (Å²) >= 11 is 4.74. The number of aromatic nitrogens is 4. The number of hydrogen-bond donors (Lipinski definition) is 2. The lowest BCUT2D eigenvalue weighted by atomic mass is 10.0. The smallest absolute Gasteiger partial charge is 0.420 e. The zero-order valence-corrected chi connectivity index (χ0v) is 16.5. The number of ether oxygens (including phenoxy) is 1. The van der Waals surface area contributed by atoms with Crippen LogP contribution < -0.4 is 10.1 Å². The normalized spacial score (nSPS) is 11.2. The van der Waals surface area contributed by atoms with Crippen molar-refractivity contribution in [3.63, 3.8) is 0 Å². The topological polar surface area (TPSA) is 92.8 Å². The van der Waals surface area contributed by atoms with Crippen molar-refractivity contribution < 1.29 is 18.3 Å². The van der Waals surface area contributed by atoms with E-state index in [0.29, 0.717) is 22.5 Å². The van der Waals surface area contributed by atoms with Gasteiger partial charge in [0.15, 0.2) is 0 Å². The first-order valence-electron chi connectivity index (χ1n) is 8.96. The van der Waals surface area contributed by atoms with Gasteiger partial charge in [0, 0.05) is 58.8 Å². The number of anilines is 1. The lowest BCUT2D eigenvalue weighted by molar-refractivity contribution is -0.0964. The second-order valence-electron chi connectivity index (χ2n) is 6.38. The van der Waals surface area contributed by atoms with Gasteiger partial charge in [0.1, 0.15) is 5.75 Å². The number of alkyl halides is 3. The number of carbonyl (C=O) groups is 1. The maximum absolute atomic E-state index is 12.8. The average molecular weight is 442 g/mol. The van der Waals surface area contributed by atoms with Gasteiger partial charge in [-0.2, -0.15) is 5.10 Å². The Morgan fingerprint density at radius 2 is 1.90 bits per heavy atom. The molecule has 2 N–H and O–H groups in total. The summed E-state index contributed by atoms with van der Waals surface area (Å²) in [5.74, 6) is -0.560. The Labute approximate surface area is 180 Å². The monoisotopic (exact) mass is 441 g/mol. The van der Waals surface area contributed by atoms with Gasteiger partial charge in [-0.25, -0.2) is 0 Å². The van der Waals surface area contributed by atoms with E-state index in [4.69, 9.17) is 11.6 Å². The molecule has 0 aliphatic carbocycles. The van der Waals surface area contributed by atoms with Crippen LogP contribution in [0.25, 0.3) is 22.4 Å². The summed E-state index contributed by atoms with van der Waals surface area (Å²) < 4.78 is 29.7. The Morgan fingerprint density at radius 3 is 2.55 bits per heavy atom. The highest BCUT2D eigenvalue weighted by Crippen LogP contribution is 2.30. The minimum absolute atomic E-state index is 0.136. The molecule has 0 aliphatic rings. The Bertz CT molecular complexity index is 1180. The number of H-pyrrole nitrogens is 1. The number of pyridine rings is 2. The summed E-state index contributed by atoms with van der Waals surface area (Å²) in [6, 6.07) is 10.7. The first-order valence-corrected chi connectivity index (χ1v) is 9.33. The molecule has 4 aromatic rings. The molecule has 0 saturated carbocycles. The Hall–Kier alpha value is -3.85. The van der Waals surface area contributed by atoms with E-state index < -0.39 is 11.5 Å². The molecule has 4 rings (SSSR count). The van der Waals surface area contributed by atoms with Crippen LogP contribution in [-0.4, -0.2) is 31.6 Å². The van der Waals surface area contributed by atoms with E-state index in [2.05, 4.69) is 30.2 Å². The van der Waals surface area contributed by atoms with Crippen molar-refractivity contribution in [2.24, 2.45) is 0 Å². The molecule has 1 aromatic carbocycles. The fourth-order valence-electron chi connectivity index (χ4n) is 2.88. The van der Waals surface area contributed by atoms with Crippen LogP contribution in [0, 0.1) is 0 Å². The molecule has 0 unspecified atom stereocenters. The van der Waals surface area contributed by atoms with Gasteiger partial charge in [0.25, 0.3) is 5.91 Å². The molecule has 0 atom stereocenters. The van der Waals surface area contributed by atoms with Crippen LogP contribution in [0.4, 0.5) is 14.5 Å². The molecule has 0 radical (unpaired) electrons. The van der Waals surface area contributed by atoms with Crippen LogP contribution in [0.3, 0.4) is 0 Å². The van der Waals surface area contributed by atoms with Gasteiger partial charge < -0.3 is 10.1 Å². The van der Waals surface area contributed by atoms with Crippen LogP contribution in [0.5, 0.6) is 5.75 Å². The van der Waals surface area contributed by atoms with E-state index >= 15 is 0 Å². The minimum atomic E-state index is -3.81. The minimum Gasteiger partial charge on any atom is -0.420 e. The second-order valence-corrected chi connectivity index (χ2v) is 6.82. The number of halogens is 3. The number of nitrogens with zero attached hydrogens (tertiary/aromatic N) is 3. The van der Waals surface area contributed by atoms with E-state index in [1.807, 2.05) is 6.07 Å². The van der Waals surface area contributed by atoms with Crippen LogP contribution in [0.2, 0.25) is 0 Å². The Balaban J connectivity index is 1.60. The quantitative estimate of drug-likeness (QED) is 0.413. The molecule has 1 amide bonds. The highest BCUT2D eigenvalue weighted by atomic mass is 35.5. The fourth-order valence-corrected chi connectivity index (χ4v) is 2.97. The van der Waals surface area contributed by atoms with Gasteiger partial charge in [-0.1, -0.05) is 6.07 Å². The van der Waals surface area contributed by atoms with E-state index in [0.717, 1.165) is 11.1 Å². The molecular weight excluding hydrogens is 428 g/mol. The van der Waals surface area contributed by atoms with Crippen molar-refractivity contribution in [1.82, 2.24) is 20.2 Å². The predicted octanol–water partition coefficient (Wildman–Crippen LogP) is 4.95. The number of aromatic amines is 1. The molecule has 0 spiro atoms. The molecule has 31 heavy (non-hydrogen) atoms. The van der Waals surface area contributed by atoms with Crippen molar-refractivity contribution in [1.29, 1.82) is 0 Å². The van der Waals surface area contributed by atoms with Crippen LogP contribution in [0.15, 0.2) is 73.4 Å². The van der Waals surface area contributed by atoms with Gasteiger partial charge in [-0.05, 0) is 36.4 Å². The second kappa shape index (κ2) is 8.49. The van der Waals surface area contributed by atoms with Crippen LogP contribution >= 0.6 is 11.6 Å². The van der Waals surface area contributed by atoms with Gasteiger partial charge >= 0.3 is 5.57 Å². The molecule has 7 nitrogen and oxygen atoms in total. The summed E-state index contributed by atoms with van der Waals surface area (Å²) in [4.78, 5) is 21.3. The molecule has 156 valence electrons. The summed E-state index contributed by atoms with van der Waals surface area (Å²) in [6.07, 6.45) is 8.11. The third kappa shape index (κ3) is 5.01. The lowest BCUT2D eigenvalue weighted by Crippen LogP contribution is -2.16. The molecule has 0 fully saturated rings. The van der Waals surface area contributed by atoms with Crippen molar-refractivity contribution in [2.75, 3.05) is 5.32 Å². The van der Waals surface area contributed by atoms with E-state index in [-0.39, 0.29) is 5.75 Å². The standard InChI is InChI=1S/C21H14ClF2N5O2/c22-21(23,24)31-17-5-3-16(4-6-17)29-20(30)14-8-18(13-2-1-7-25-9-13)19(26-10-14)15-11-27-28-12-15/h1-12H,(H,27,28)(H,29,30). The number of nitrogens with one attached hydrogen (secondary N) is 2. The van der Waals surface area contributed by atoms with Crippen molar-refractivity contribution >= 4 is 23.2 Å². The number of amides is 1.